The monoisotopic (exact) mass is 314 g/mol. The molecule has 4 nitrogen and oxygen atoms in total. The van der Waals surface area contributed by atoms with Gasteiger partial charge in [0, 0.05) is 17.0 Å². The van der Waals surface area contributed by atoms with Crippen molar-refractivity contribution in [3.63, 3.8) is 0 Å². The molecule has 3 aromatic rings. The van der Waals surface area contributed by atoms with Crippen molar-refractivity contribution in [1.82, 2.24) is 10.1 Å². The van der Waals surface area contributed by atoms with E-state index in [2.05, 4.69) is 10.1 Å². The Morgan fingerprint density at radius 1 is 1.09 bits per heavy atom. The van der Waals surface area contributed by atoms with E-state index in [1.54, 1.807) is 0 Å². The topological polar surface area (TPSA) is 48.2 Å². The first-order chi connectivity index (χ1) is 10.8. The van der Waals surface area contributed by atoms with Gasteiger partial charge >= 0.3 is 0 Å². The average molecular weight is 315 g/mol. The molecule has 0 radical (unpaired) electrons. The van der Waals surface area contributed by atoms with Crippen LogP contribution < -0.4 is 4.74 Å². The lowest BCUT2D eigenvalue weighted by atomic mass is 10.1. The quantitative estimate of drug-likeness (QED) is 0.701. The second-order valence-corrected chi connectivity index (χ2v) is 5.15. The average Bonchev–Trinajstić information content (AvgIpc) is 2.99. The van der Waals surface area contributed by atoms with Gasteiger partial charge in [0.15, 0.2) is 5.82 Å². The van der Waals surface area contributed by atoms with Crippen LogP contribution in [0, 0.1) is 0 Å². The fourth-order valence-corrected chi connectivity index (χ4v) is 2.32. The number of ether oxygens (including phenoxy) is 1. The van der Waals surface area contributed by atoms with E-state index in [1.165, 1.54) is 0 Å². The van der Waals surface area contributed by atoms with Gasteiger partial charge in [0.05, 0.1) is 6.61 Å². The fourth-order valence-electron chi connectivity index (χ4n) is 2.12. The molecule has 0 unspecified atom stereocenters. The van der Waals surface area contributed by atoms with Crippen LogP contribution in [0.2, 0.25) is 5.02 Å². The number of benzene rings is 2. The minimum atomic E-state index is 0.491. The molecule has 5 heteroatoms. The molecular formula is C17H15ClN2O2. The molecule has 0 atom stereocenters. The minimum Gasteiger partial charge on any atom is -0.494 e. The van der Waals surface area contributed by atoms with E-state index in [0.29, 0.717) is 29.8 Å². The lowest BCUT2D eigenvalue weighted by molar-refractivity contribution is 0.340. The van der Waals surface area contributed by atoms with Crippen molar-refractivity contribution in [3.8, 4) is 17.2 Å². The van der Waals surface area contributed by atoms with Gasteiger partial charge in [-0.15, -0.1) is 0 Å². The van der Waals surface area contributed by atoms with Gasteiger partial charge in [-0.2, -0.15) is 4.98 Å². The van der Waals surface area contributed by atoms with Crippen LogP contribution in [-0.2, 0) is 6.42 Å². The Kier molecular flexibility index (Phi) is 4.39. The number of rotatable bonds is 5. The normalized spacial score (nSPS) is 10.6. The molecule has 22 heavy (non-hydrogen) atoms. The summed E-state index contributed by atoms with van der Waals surface area (Å²) in [6.45, 7) is 2.59. The maximum Gasteiger partial charge on any atom is 0.257 e. The minimum absolute atomic E-state index is 0.491. The molecule has 3 rings (SSSR count). The molecule has 0 aliphatic heterocycles. The summed E-state index contributed by atoms with van der Waals surface area (Å²) in [5, 5.41) is 4.72. The van der Waals surface area contributed by atoms with Crippen molar-refractivity contribution in [2.24, 2.45) is 0 Å². The van der Waals surface area contributed by atoms with Crippen LogP contribution >= 0.6 is 11.6 Å². The van der Waals surface area contributed by atoms with E-state index >= 15 is 0 Å². The molecule has 0 N–H and O–H groups in total. The molecule has 0 aliphatic rings. The molecule has 0 bridgehead atoms. The highest BCUT2D eigenvalue weighted by atomic mass is 35.5. The number of halogens is 1. The maximum absolute atomic E-state index is 6.14. The number of hydrogen-bond acceptors (Lipinski definition) is 4. The Morgan fingerprint density at radius 2 is 1.86 bits per heavy atom. The highest BCUT2D eigenvalue weighted by molar-refractivity contribution is 6.31. The molecule has 112 valence electrons. The standard InChI is InChI=1S/C17H15ClN2O2/c1-2-21-14-9-7-12(8-10-14)17-19-16(20-22-17)11-13-5-3-4-6-15(13)18/h3-10H,2,11H2,1H3. The summed E-state index contributed by atoms with van der Waals surface area (Å²) in [6, 6.07) is 15.2. The molecule has 0 spiro atoms. The van der Waals surface area contributed by atoms with Crippen molar-refractivity contribution in [2.75, 3.05) is 6.61 Å². The van der Waals surface area contributed by atoms with Gasteiger partial charge in [0.25, 0.3) is 5.89 Å². The zero-order valence-electron chi connectivity index (χ0n) is 12.1. The Labute approximate surface area is 133 Å². The largest absolute Gasteiger partial charge is 0.494 e. The molecule has 0 aliphatic carbocycles. The molecule has 1 heterocycles. The molecule has 0 amide bonds. The third-order valence-corrected chi connectivity index (χ3v) is 3.56. The Morgan fingerprint density at radius 3 is 2.59 bits per heavy atom. The van der Waals surface area contributed by atoms with Crippen LogP contribution in [0.15, 0.2) is 53.1 Å². The third-order valence-electron chi connectivity index (χ3n) is 3.19. The van der Waals surface area contributed by atoms with Crippen molar-refractivity contribution in [3.05, 3.63) is 64.9 Å². The zero-order chi connectivity index (χ0) is 15.4. The van der Waals surface area contributed by atoms with E-state index in [9.17, 15) is 0 Å². The van der Waals surface area contributed by atoms with Crippen molar-refractivity contribution in [2.45, 2.75) is 13.3 Å². The molecular weight excluding hydrogens is 300 g/mol. The predicted octanol–water partition coefficient (Wildman–Crippen LogP) is 4.38. The summed E-state index contributed by atoms with van der Waals surface area (Å²) in [5.41, 5.74) is 1.84. The highest BCUT2D eigenvalue weighted by Crippen LogP contribution is 2.23. The van der Waals surface area contributed by atoms with Gasteiger partial charge in [-0.25, -0.2) is 0 Å². The first-order valence-corrected chi connectivity index (χ1v) is 7.43. The van der Waals surface area contributed by atoms with Crippen LogP contribution in [0.5, 0.6) is 5.75 Å². The van der Waals surface area contributed by atoms with E-state index < -0.39 is 0 Å². The van der Waals surface area contributed by atoms with Crippen LogP contribution in [0.1, 0.15) is 18.3 Å². The zero-order valence-corrected chi connectivity index (χ0v) is 12.9. The van der Waals surface area contributed by atoms with Gasteiger partial charge in [-0.3, -0.25) is 0 Å². The highest BCUT2D eigenvalue weighted by Gasteiger charge is 2.10. The van der Waals surface area contributed by atoms with Gasteiger partial charge in [0.1, 0.15) is 5.75 Å². The molecule has 1 aromatic heterocycles. The van der Waals surface area contributed by atoms with Crippen LogP contribution in [-0.4, -0.2) is 16.7 Å². The summed E-state index contributed by atoms with van der Waals surface area (Å²) in [7, 11) is 0. The van der Waals surface area contributed by atoms with Gasteiger partial charge in [-0.05, 0) is 42.8 Å². The van der Waals surface area contributed by atoms with Gasteiger partial charge in [-0.1, -0.05) is 35.0 Å². The van der Waals surface area contributed by atoms with E-state index in [1.807, 2.05) is 55.5 Å². The summed E-state index contributed by atoms with van der Waals surface area (Å²) in [4.78, 5) is 4.42. The SMILES string of the molecule is CCOc1ccc(-c2nc(Cc3ccccc3Cl)no2)cc1. The molecule has 0 saturated heterocycles. The van der Waals surface area contributed by atoms with Gasteiger partial charge in [0.2, 0.25) is 0 Å². The van der Waals surface area contributed by atoms with Crippen LogP contribution in [0.3, 0.4) is 0 Å². The summed E-state index contributed by atoms with van der Waals surface area (Å²) in [5.74, 6) is 1.92. The first-order valence-electron chi connectivity index (χ1n) is 7.05. The fraction of sp³-hybridized carbons (Fsp3) is 0.176. The number of aromatic nitrogens is 2. The van der Waals surface area contributed by atoms with Crippen molar-refractivity contribution >= 4 is 11.6 Å². The summed E-state index contributed by atoms with van der Waals surface area (Å²) >= 11 is 6.14. The number of nitrogens with zero attached hydrogens (tertiary/aromatic N) is 2. The maximum atomic E-state index is 6.14. The second kappa shape index (κ2) is 6.62. The Bertz CT molecular complexity index is 753. The Balaban J connectivity index is 1.77. The van der Waals surface area contributed by atoms with Gasteiger partial charge < -0.3 is 9.26 Å². The van der Waals surface area contributed by atoms with E-state index in [4.69, 9.17) is 20.9 Å². The molecule has 0 fully saturated rings. The lowest BCUT2D eigenvalue weighted by Crippen LogP contribution is -1.92. The lowest BCUT2D eigenvalue weighted by Gasteiger charge is -2.02. The van der Waals surface area contributed by atoms with E-state index in [0.717, 1.165) is 16.9 Å². The molecule has 2 aromatic carbocycles. The predicted molar refractivity (Wildman–Crippen MR) is 85.2 cm³/mol. The first kappa shape index (κ1) is 14.6. The summed E-state index contributed by atoms with van der Waals surface area (Å²) < 4.78 is 10.7. The Hall–Kier alpha value is -2.33. The van der Waals surface area contributed by atoms with Crippen LogP contribution in [0.25, 0.3) is 11.5 Å². The summed E-state index contributed by atoms with van der Waals surface area (Å²) in [6.07, 6.45) is 0.542. The smallest absolute Gasteiger partial charge is 0.257 e. The molecule has 0 saturated carbocycles. The second-order valence-electron chi connectivity index (χ2n) is 4.74. The third kappa shape index (κ3) is 3.28. The number of hydrogen-bond donors (Lipinski definition) is 0. The van der Waals surface area contributed by atoms with Crippen molar-refractivity contribution in [1.29, 1.82) is 0 Å². The van der Waals surface area contributed by atoms with Crippen LogP contribution in [0.4, 0.5) is 0 Å². The van der Waals surface area contributed by atoms with Crippen molar-refractivity contribution < 1.29 is 9.26 Å². The van der Waals surface area contributed by atoms with E-state index in [-0.39, 0.29) is 0 Å².